The summed E-state index contributed by atoms with van der Waals surface area (Å²) in [6, 6.07) is 3.93. The summed E-state index contributed by atoms with van der Waals surface area (Å²) in [7, 11) is 0. The van der Waals surface area contributed by atoms with Gasteiger partial charge in [-0.2, -0.15) is 0 Å². The second-order valence-electron chi connectivity index (χ2n) is 2.10. The van der Waals surface area contributed by atoms with E-state index in [0.717, 1.165) is 21.7 Å². The first-order chi connectivity index (χ1) is 4.88. The van der Waals surface area contributed by atoms with Gasteiger partial charge in [0, 0.05) is 15.9 Å². The summed E-state index contributed by atoms with van der Waals surface area (Å²) in [6.07, 6.45) is 1.76. The van der Waals surface area contributed by atoms with E-state index in [4.69, 9.17) is 0 Å². The van der Waals surface area contributed by atoms with Gasteiger partial charge in [-0.1, -0.05) is 15.9 Å². The van der Waals surface area contributed by atoms with Gasteiger partial charge in [-0.25, -0.2) is 4.98 Å². The molecule has 0 aliphatic carbocycles. The van der Waals surface area contributed by atoms with E-state index >= 15 is 0 Å². The molecule has 2 rings (SSSR count). The Balaban J connectivity index is 2.96. The predicted octanol–water partition coefficient (Wildman–Crippen LogP) is 0.218. The summed E-state index contributed by atoms with van der Waals surface area (Å²) >= 11 is 3.42. The molecule has 0 saturated heterocycles. The molecule has 0 N–H and O–H groups in total. The van der Waals surface area contributed by atoms with Gasteiger partial charge in [0.1, 0.15) is 0 Å². The average Bonchev–Trinajstić information content (AvgIpc) is 2.34. The van der Waals surface area contributed by atoms with Crippen LogP contribution in [0.1, 0.15) is 0 Å². The number of hydrogen-bond donors (Lipinski definition) is 0. The predicted molar refractivity (Wildman–Crippen MR) is 42.2 cm³/mol. The minimum atomic E-state index is 0.742. The van der Waals surface area contributed by atoms with E-state index in [1.54, 1.807) is 6.20 Å². The minimum Gasteiger partial charge on any atom is -0.261 e. The van der Waals surface area contributed by atoms with Gasteiger partial charge in [0.15, 0.2) is 5.49 Å². The van der Waals surface area contributed by atoms with Crippen molar-refractivity contribution in [3.63, 3.8) is 0 Å². The number of pyridine rings is 1. The van der Waals surface area contributed by atoms with E-state index in [-0.39, 0.29) is 0 Å². The van der Waals surface area contributed by atoms with Crippen LogP contribution in [-0.4, -0.2) is 11.5 Å². The Hall–Kier alpha value is -0.700. The lowest BCUT2D eigenvalue weighted by molar-refractivity contribution is 1.10. The number of rotatable bonds is 0. The molecule has 0 aromatic carbocycles. The fourth-order valence-electron chi connectivity index (χ4n) is 0.964. The van der Waals surface area contributed by atoms with Gasteiger partial charge < -0.3 is 0 Å². The highest BCUT2D eigenvalue weighted by Crippen LogP contribution is 2.04. The van der Waals surface area contributed by atoms with E-state index in [0.29, 0.717) is 0 Å². The average molecular weight is 197 g/mol. The van der Waals surface area contributed by atoms with Crippen molar-refractivity contribution < 1.29 is 0 Å². The molecule has 1 aliphatic rings. The molecule has 0 fully saturated rings. The first-order valence-electron chi connectivity index (χ1n) is 3.02. The lowest BCUT2D eigenvalue weighted by atomic mass is 10.4. The molecule has 1 aliphatic heterocycles. The number of fused-ring (bicyclic) bond motifs is 1. The second-order valence-corrected chi connectivity index (χ2v) is 3.05. The van der Waals surface area contributed by atoms with Gasteiger partial charge in [0.2, 0.25) is 0 Å². The molecular weight excluding hydrogens is 192 g/mol. The molecule has 2 nitrogen and oxygen atoms in total. The van der Waals surface area contributed by atoms with Crippen molar-refractivity contribution in [2.24, 2.45) is 4.99 Å². The molecule has 0 spiro atoms. The maximum Gasteiger partial charge on any atom is 0.155 e. The second kappa shape index (κ2) is 2.16. The highest BCUT2D eigenvalue weighted by Gasteiger charge is 2.00. The van der Waals surface area contributed by atoms with Gasteiger partial charge in [0.05, 0.1) is 6.54 Å². The maximum absolute atomic E-state index is 4.19. The molecular formula is C7H5BrN2. The number of halogens is 1. The van der Waals surface area contributed by atoms with Gasteiger partial charge in [0.25, 0.3) is 0 Å². The smallest absolute Gasteiger partial charge is 0.155 e. The van der Waals surface area contributed by atoms with Gasteiger partial charge in [-0.05, 0) is 12.1 Å². The summed E-state index contributed by atoms with van der Waals surface area (Å²) in [6.45, 7) is 0.742. The van der Waals surface area contributed by atoms with Gasteiger partial charge >= 0.3 is 0 Å². The maximum atomic E-state index is 4.19. The van der Waals surface area contributed by atoms with Crippen LogP contribution in [0.15, 0.2) is 23.3 Å². The van der Waals surface area contributed by atoms with Crippen LogP contribution in [0.5, 0.6) is 0 Å². The quantitative estimate of drug-likeness (QED) is 0.583. The SMILES string of the molecule is BrC1=c2cccnc2=NC1. The van der Waals surface area contributed by atoms with Crippen LogP contribution in [-0.2, 0) is 0 Å². The van der Waals surface area contributed by atoms with E-state index < -0.39 is 0 Å². The summed E-state index contributed by atoms with van der Waals surface area (Å²) < 4.78 is 1.13. The molecule has 0 amide bonds. The summed E-state index contributed by atoms with van der Waals surface area (Å²) in [5.74, 6) is 0. The Bertz CT molecular complexity index is 369. The Morgan fingerprint density at radius 3 is 3.20 bits per heavy atom. The molecule has 50 valence electrons. The van der Waals surface area contributed by atoms with Crippen molar-refractivity contribution in [2.75, 3.05) is 6.54 Å². The van der Waals surface area contributed by atoms with Crippen molar-refractivity contribution in [1.82, 2.24) is 4.98 Å². The van der Waals surface area contributed by atoms with Crippen LogP contribution in [0.2, 0.25) is 0 Å². The van der Waals surface area contributed by atoms with E-state index in [1.165, 1.54) is 0 Å². The Morgan fingerprint density at radius 2 is 2.40 bits per heavy atom. The molecule has 2 heterocycles. The third kappa shape index (κ3) is 0.778. The van der Waals surface area contributed by atoms with Crippen LogP contribution in [0.25, 0.3) is 4.48 Å². The number of nitrogens with zero attached hydrogens (tertiary/aromatic N) is 2. The molecule has 10 heavy (non-hydrogen) atoms. The Labute approximate surface area is 66.4 Å². The number of aromatic nitrogens is 1. The Morgan fingerprint density at radius 1 is 1.50 bits per heavy atom. The van der Waals surface area contributed by atoms with Crippen molar-refractivity contribution in [1.29, 1.82) is 0 Å². The van der Waals surface area contributed by atoms with E-state index in [9.17, 15) is 0 Å². The van der Waals surface area contributed by atoms with Crippen molar-refractivity contribution in [3.8, 4) is 0 Å². The van der Waals surface area contributed by atoms with Gasteiger partial charge in [-0.3, -0.25) is 4.99 Å². The molecule has 0 saturated carbocycles. The lowest BCUT2D eigenvalue weighted by Gasteiger charge is -1.81. The van der Waals surface area contributed by atoms with E-state index in [2.05, 4.69) is 25.9 Å². The van der Waals surface area contributed by atoms with Crippen LogP contribution in [0, 0.1) is 0 Å². The zero-order valence-corrected chi connectivity index (χ0v) is 6.80. The minimum absolute atomic E-state index is 0.742. The molecule has 1 aromatic heterocycles. The van der Waals surface area contributed by atoms with Gasteiger partial charge in [-0.15, -0.1) is 0 Å². The topological polar surface area (TPSA) is 25.2 Å². The van der Waals surface area contributed by atoms with Crippen LogP contribution < -0.4 is 10.7 Å². The zero-order valence-electron chi connectivity index (χ0n) is 5.21. The van der Waals surface area contributed by atoms with Crippen molar-refractivity contribution >= 4 is 20.4 Å². The first kappa shape index (κ1) is 6.04. The first-order valence-corrected chi connectivity index (χ1v) is 3.81. The molecule has 0 unspecified atom stereocenters. The molecule has 0 bridgehead atoms. The zero-order chi connectivity index (χ0) is 6.97. The fraction of sp³-hybridized carbons (Fsp3) is 0.143. The molecule has 1 aromatic rings. The highest BCUT2D eigenvalue weighted by molar-refractivity contribution is 9.14. The summed E-state index contributed by atoms with van der Waals surface area (Å²) in [4.78, 5) is 8.28. The van der Waals surface area contributed by atoms with Crippen LogP contribution in [0.3, 0.4) is 0 Å². The largest absolute Gasteiger partial charge is 0.261 e. The monoisotopic (exact) mass is 196 g/mol. The van der Waals surface area contributed by atoms with Crippen LogP contribution in [0.4, 0.5) is 0 Å². The molecule has 0 atom stereocenters. The highest BCUT2D eigenvalue weighted by atomic mass is 79.9. The molecule has 0 radical (unpaired) electrons. The normalized spacial score (nSPS) is 14.7. The van der Waals surface area contributed by atoms with E-state index in [1.807, 2.05) is 12.1 Å². The summed E-state index contributed by atoms with van der Waals surface area (Å²) in [5, 5.41) is 1.13. The summed E-state index contributed by atoms with van der Waals surface area (Å²) in [5.41, 5.74) is 0.856. The third-order valence-corrected chi connectivity index (χ3v) is 2.12. The van der Waals surface area contributed by atoms with Crippen LogP contribution >= 0.6 is 15.9 Å². The number of hydrogen-bond acceptors (Lipinski definition) is 2. The van der Waals surface area contributed by atoms with Crippen molar-refractivity contribution in [2.45, 2.75) is 0 Å². The lowest BCUT2D eigenvalue weighted by Crippen LogP contribution is -2.24. The third-order valence-electron chi connectivity index (χ3n) is 1.45. The van der Waals surface area contributed by atoms with Crippen molar-refractivity contribution in [3.05, 3.63) is 29.0 Å². The Kier molecular flexibility index (Phi) is 1.31. The molecule has 3 heteroatoms. The standard InChI is InChI=1S/C7H5BrN2/c8-6-4-10-7-5(6)2-1-3-9-7/h1-3H,4H2. The fourth-order valence-corrected chi connectivity index (χ4v) is 1.40.